The maximum atomic E-state index is 12.4. The number of carbonyl (C=O) groups is 2. The molecule has 0 saturated heterocycles. The number of hydrogen-bond acceptors (Lipinski definition) is 6. The first-order chi connectivity index (χ1) is 11.0. The molecule has 1 heterocycles. The van der Waals surface area contributed by atoms with Gasteiger partial charge in [0.25, 0.3) is 5.78 Å². The summed E-state index contributed by atoms with van der Waals surface area (Å²) in [6.45, 7) is 1.14. The van der Waals surface area contributed by atoms with Gasteiger partial charge in [0.2, 0.25) is 0 Å². The van der Waals surface area contributed by atoms with E-state index in [1.54, 1.807) is 0 Å². The highest BCUT2D eigenvalue weighted by Crippen LogP contribution is 2.07. The fraction of sp³-hybridized carbons (Fsp3) is 0.667. The third-order valence-corrected chi connectivity index (χ3v) is 3.75. The first kappa shape index (κ1) is 19.4. The summed E-state index contributed by atoms with van der Waals surface area (Å²) < 4.78 is 1.26. The van der Waals surface area contributed by atoms with Gasteiger partial charge >= 0.3 is 11.7 Å². The molecule has 1 aromatic rings. The number of carbonyl (C=O) groups excluding carboxylic acids is 2. The second-order valence-electron chi connectivity index (χ2n) is 5.66. The largest absolute Gasteiger partial charge is 0.332 e. The fourth-order valence-corrected chi connectivity index (χ4v) is 2.33. The van der Waals surface area contributed by atoms with Gasteiger partial charge in [-0.25, -0.2) is 9.78 Å². The van der Waals surface area contributed by atoms with Crippen LogP contribution in [0.4, 0.5) is 0 Å². The standard InChI is InChI=1S/C15H28N6O2/c16-7-3-1-5-11(18)13(22)14-20-9-10-21(14)15(23)12(19)6-2-4-8-17/h9-12H,1-8,16-19H2/p+1/t11-,12-/m0/s1. The van der Waals surface area contributed by atoms with Crippen molar-refractivity contribution in [2.24, 2.45) is 22.9 Å². The van der Waals surface area contributed by atoms with E-state index in [1.165, 1.54) is 17.0 Å². The van der Waals surface area contributed by atoms with Crippen LogP contribution < -0.4 is 27.9 Å². The summed E-state index contributed by atoms with van der Waals surface area (Å²) in [6, 6.07) is -1.32. The predicted octanol–water partition coefficient (Wildman–Crippen LogP) is -0.962. The van der Waals surface area contributed by atoms with E-state index in [4.69, 9.17) is 22.9 Å². The summed E-state index contributed by atoms with van der Waals surface area (Å²) in [4.78, 5) is 27.6. The molecule has 0 unspecified atom stereocenters. The molecule has 1 rings (SSSR count). The van der Waals surface area contributed by atoms with Crippen molar-refractivity contribution in [2.45, 2.75) is 50.6 Å². The molecule has 2 atom stereocenters. The minimum atomic E-state index is -0.664. The fourth-order valence-electron chi connectivity index (χ4n) is 2.33. The molecule has 0 fully saturated rings. The average Bonchev–Trinajstić information content (AvgIpc) is 3.03. The van der Waals surface area contributed by atoms with E-state index >= 15 is 0 Å². The van der Waals surface area contributed by atoms with E-state index in [2.05, 4.69) is 4.98 Å². The zero-order valence-electron chi connectivity index (χ0n) is 13.5. The van der Waals surface area contributed by atoms with Crippen LogP contribution in [-0.4, -0.2) is 41.4 Å². The maximum Gasteiger partial charge on any atom is 0.332 e. The highest BCUT2D eigenvalue weighted by molar-refractivity contribution is 5.99. The summed E-state index contributed by atoms with van der Waals surface area (Å²) >= 11 is 0. The Balaban J connectivity index is 2.70. The minimum Gasteiger partial charge on any atom is -0.330 e. The molecule has 0 bridgehead atoms. The van der Waals surface area contributed by atoms with Crippen LogP contribution in [-0.2, 0) is 0 Å². The summed E-state index contributed by atoms with van der Waals surface area (Å²) in [7, 11) is 0. The van der Waals surface area contributed by atoms with E-state index in [-0.39, 0.29) is 17.5 Å². The van der Waals surface area contributed by atoms with E-state index in [0.29, 0.717) is 25.9 Å². The second-order valence-corrected chi connectivity index (χ2v) is 5.66. The lowest BCUT2D eigenvalue weighted by Gasteiger charge is -2.10. The SMILES string of the molecule is NCCCC[C@H](N)C(=O)c1[nH+]ccn1C(=O)[C@@H](N)CCCCN. The van der Waals surface area contributed by atoms with Crippen molar-refractivity contribution in [3.05, 3.63) is 18.2 Å². The Morgan fingerprint density at radius 2 is 1.57 bits per heavy atom. The molecule has 0 saturated carbocycles. The van der Waals surface area contributed by atoms with Crippen molar-refractivity contribution in [3.8, 4) is 0 Å². The Kier molecular flexibility index (Phi) is 8.64. The summed E-state index contributed by atoms with van der Waals surface area (Å²) in [5.74, 6) is -0.445. The Hall–Kier alpha value is -1.61. The van der Waals surface area contributed by atoms with E-state index in [0.717, 1.165) is 25.7 Å². The first-order valence-corrected chi connectivity index (χ1v) is 8.11. The highest BCUT2D eigenvalue weighted by Gasteiger charge is 2.31. The summed E-state index contributed by atoms with van der Waals surface area (Å²) in [6.07, 6.45) is 7.28. The quantitative estimate of drug-likeness (QED) is 0.303. The molecule has 0 radical (unpaired) electrons. The monoisotopic (exact) mass is 325 g/mol. The van der Waals surface area contributed by atoms with Gasteiger partial charge in [-0.2, -0.15) is 4.57 Å². The molecule has 130 valence electrons. The molecule has 0 amide bonds. The Morgan fingerprint density at radius 3 is 2.13 bits per heavy atom. The number of hydrogen-bond donors (Lipinski definition) is 4. The van der Waals surface area contributed by atoms with E-state index < -0.39 is 12.1 Å². The Morgan fingerprint density at radius 1 is 1.00 bits per heavy atom. The van der Waals surface area contributed by atoms with Gasteiger partial charge < -0.3 is 22.9 Å². The van der Waals surface area contributed by atoms with Crippen molar-refractivity contribution in [1.29, 1.82) is 0 Å². The minimum absolute atomic E-state index is 0.171. The van der Waals surface area contributed by atoms with Crippen molar-refractivity contribution in [3.63, 3.8) is 0 Å². The molecule has 0 aliphatic carbocycles. The zero-order chi connectivity index (χ0) is 17.2. The number of aromatic amines is 1. The summed E-state index contributed by atoms with van der Waals surface area (Å²) in [5.41, 5.74) is 22.7. The number of unbranched alkanes of at least 4 members (excludes halogenated alkanes) is 2. The number of aromatic nitrogens is 2. The Bertz CT molecular complexity index is 459. The third kappa shape index (κ3) is 5.83. The number of nitrogens with two attached hydrogens (primary N) is 4. The Labute approximate surface area is 136 Å². The average molecular weight is 325 g/mol. The molecule has 1 aromatic heterocycles. The number of nitrogens with zero attached hydrogens (tertiary/aromatic N) is 1. The molecule has 23 heavy (non-hydrogen) atoms. The van der Waals surface area contributed by atoms with Crippen LogP contribution >= 0.6 is 0 Å². The molecular formula is C15H29N6O2+. The normalized spacial score (nSPS) is 13.7. The molecule has 0 spiro atoms. The highest BCUT2D eigenvalue weighted by atomic mass is 16.2. The van der Waals surface area contributed by atoms with Crippen molar-refractivity contribution >= 4 is 11.7 Å². The van der Waals surface area contributed by atoms with E-state index in [1.807, 2.05) is 0 Å². The lowest BCUT2D eigenvalue weighted by Crippen LogP contribution is -2.40. The zero-order valence-corrected chi connectivity index (χ0v) is 13.5. The summed E-state index contributed by atoms with van der Waals surface area (Å²) in [5, 5.41) is 0. The van der Waals surface area contributed by atoms with Crippen LogP contribution in [0.15, 0.2) is 12.4 Å². The number of Topliss-reactive ketones (excluding diaryl/α,β-unsaturated/α-hetero) is 1. The van der Waals surface area contributed by atoms with Gasteiger partial charge in [0.1, 0.15) is 18.4 Å². The smallest absolute Gasteiger partial charge is 0.330 e. The van der Waals surface area contributed by atoms with Crippen LogP contribution in [0.3, 0.4) is 0 Å². The predicted molar refractivity (Wildman–Crippen MR) is 87.7 cm³/mol. The van der Waals surface area contributed by atoms with Gasteiger partial charge in [0.05, 0.1) is 6.04 Å². The molecule has 0 aromatic carbocycles. The van der Waals surface area contributed by atoms with Crippen LogP contribution in [0, 0.1) is 0 Å². The number of H-pyrrole nitrogens is 1. The van der Waals surface area contributed by atoms with Gasteiger partial charge in [-0.1, -0.05) is 12.8 Å². The van der Waals surface area contributed by atoms with Crippen molar-refractivity contribution in [2.75, 3.05) is 13.1 Å². The number of imidazole rings is 1. The number of ketones is 1. The van der Waals surface area contributed by atoms with Gasteiger partial charge in [-0.05, 0) is 38.8 Å². The third-order valence-electron chi connectivity index (χ3n) is 3.75. The van der Waals surface area contributed by atoms with Crippen molar-refractivity contribution in [1.82, 2.24) is 4.57 Å². The lowest BCUT2D eigenvalue weighted by atomic mass is 10.1. The maximum absolute atomic E-state index is 12.4. The second kappa shape index (κ2) is 10.2. The van der Waals surface area contributed by atoms with Gasteiger partial charge in [-0.15, -0.1) is 0 Å². The van der Waals surface area contributed by atoms with Crippen LogP contribution in [0.25, 0.3) is 0 Å². The van der Waals surface area contributed by atoms with Gasteiger partial charge in [-0.3, -0.25) is 4.79 Å². The lowest BCUT2D eigenvalue weighted by molar-refractivity contribution is -0.380. The van der Waals surface area contributed by atoms with Crippen LogP contribution in [0.1, 0.15) is 53.9 Å². The number of rotatable bonds is 11. The molecule has 9 N–H and O–H groups in total. The number of nitrogens with one attached hydrogen (secondary N) is 1. The molecular weight excluding hydrogens is 296 g/mol. The van der Waals surface area contributed by atoms with Crippen molar-refractivity contribution < 1.29 is 14.6 Å². The van der Waals surface area contributed by atoms with Crippen LogP contribution in [0.2, 0.25) is 0 Å². The van der Waals surface area contributed by atoms with Gasteiger partial charge in [0, 0.05) is 0 Å². The van der Waals surface area contributed by atoms with Crippen LogP contribution in [0.5, 0.6) is 0 Å². The van der Waals surface area contributed by atoms with Gasteiger partial charge in [0.15, 0.2) is 0 Å². The molecule has 8 heteroatoms. The first-order valence-electron chi connectivity index (χ1n) is 8.11. The molecule has 0 aliphatic rings. The topological polar surface area (TPSA) is 157 Å². The molecule has 8 nitrogen and oxygen atoms in total. The molecule has 0 aliphatic heterocycles. The van der Waals surface area contributed by atoms with E-state index in [9.17, 15) is 9.59 Å².